The van der Waals surface area contributed by atoms with Crippen LogP contribution in [0.25, 0.3) is 0 Å². The number of allylic oxidation sites excluding steroid dienone is 2. The number of hydrogen-bond acceptors (Lipinski definition) is 1. The number of carbonyl (C=O) groups is 1. The van der Waals surface area contributed by atoms with Gasteiger partial charge in [0.2, 0.25) is 0 Å². The Morgan fingerprint density at radius 3 is 2.67 bits per heavy atom. The summed E-state index contributed by atoms with van der Waals surface area (Å²) in [5.41, 5.74) is 0.596. The molecule has 1 aromatic rings. The van der Waals surface area contributed by atoms with Gasteiger partial charge in [-0.25, -0.2) is 0 Å². The molecule has 1 nitrogen and oxygen atoms in total. The average molecular weight is 258 g/mol. The van der Waals surface area contributed by atoms with Gasteiger partial charge in [0.1, 0.15) is 6.29 Å². The molecule has 0 bridgehead atoms. The monoisotopic (exact) mass is 258 g/mol. The molecule has 1 aliphatic carbocycles. The Balaban J connectivity index is 2.29. The van der Waals surface area contributed by atoms with E-state index in [9.17, 15) is 4.79 Å². The van der Waals surface area contributed by atoms with E-state index >= 15 is 0 Å². The van der Waals surface area contributed by atoms with Gasteiger partial charge in [-0.3, -0.25) is 0 Å². The Labute approximate surface area is 111 Å². The standard InChI is InChI=1S/C16H22OSi/c1-18(2,15-9-4-3-5-10-15)16-11-7-6-8-14(16)12-13-17/h3-5,7,9-11,13-14,16H,6,8,12H2,1-2H3/t14-,16+/m0/s1. The minimum absolute atomic E-state index is 0.550. The molecule has 0 amide bonds. The molecule has 0 N–H and O–H groups in total. The SMILES string of the molecule is C[Si](C)(c1ccccc1)[C@@H]1C=CCC[C@H]1CC=O. The second-order valence-corrected chi connectivity index (χ2v) is 10.5. The quantitative estimate of drug-likeness (QED) is 0.459. The highest BCUT2D eigenvalue weighted by molar-refractivity contribution is 6.91. The lowest BCUT2D eigenvalue weighted by Gasteiger charge is -2.38. The van der Waals surface area contributed by atoms with E-state index in [0.717, 1.165) is 19.1 Å². The van der Waals surface area contributed by atoms with Gasteiger partial charge in [-0.2, -0.15) is 0 Å². The Morgan fingerprint density at radius 2 is 2.00 bits per heavy atom. The van der Waals surface area contributed by atoms with Crippen LogP contribution in [0.5, 0.6) is 0 Å². The number of aldehydes is 1. The Bertz CT molecular complexity index is 422. The molecule has 0 saturated carbocycles. The van der Waals surface area contributed by atoms with Crippen LogP contribution in [0, 0.1) is 5.92 Å². The van der Waals surface area contributed by atoms with E-state index in [4.69, 9.17) is 0 Å². The zero-order valence-electron chi connectivity index (χ0n) is 11.3. The topological polar surface area (TPSA) is 17.1 Å². The van der Waals surface area contributed by atoms with Crippen molar-refractivity contribution in [2.45, 2.75) is 37.9 Å². The molecule has 2 rings (SSSR count). The zero-order valence-corrected chi connectivity index (χ0v) is 12.3. The van der Waals surface area contributed by atoms with Crippen LogP contribution in [0.1, 0.15) is 19.3 Å². The van der Waals surface area contributed by atoms with E-state index in [1.165, 1.54) is 11.6 Å². The molecule has 0 aromatic heterocycles. The number of carbonyl (C=O) groups excluding carboxylic acids is 1. The van der Waals surface area contributed by atoms with Crippen molar-refractivity contribution in [3.63, 3.8) is 0 Å². The van der Waals surface area contributed by atoms with Gasteiger partial charge >= 0.3 is 0 Å². The summed E-state index contributed by atoms with van der Waals surface area (Å²) >= 11 is 0. The molecule has 0 aliphatic heterocycles. The first-order valence-corrected chi connectivity index (χ1v) is 9.90. The predicted octanol–water partition coefficient (Wildman–Crippen LogP) is 3.53. The van der Waals surface area contributed by atoms with Crippen LogP contribution in [-0.2, 0) is 4.79 Å². The summed E-state index contributed by atoms with van der Waals surface area (Å²) in [4.78, 5) is 10.9. The molecule has 0 fully saturated rings. The maximum Gasteiger partial charge on any atom is 0.120 e. The van der Waals surface area contributed by atoms with Gasteiger partial charge in [0.05, 0.1) is 8.07 Å². The van der Waals surface area contributed by atoms with Crippen LogP contribution in [0.4, 0.5) is 0 Å². The third-order valence-electron chi connectivity index (χ3n) is 4.31. The molecule has 96 valence electrons. The maximum atomic E-state index is 10.9. The van der Waals surface area contributed by atoms with E-state index in [1.807, 2.05) is 0 Å². The van der Waals surface area contributed by atoms with Crippen LogP contribution in [0.15, 0.2) is 42.5 Å². The van der Waals surface area contributed by atoms with Gasteiger partial charge in [0, 0.05) is 6.42 Å². The first-order chi connectivity index (χ1) is 8.66. The van der Waals surface area contributed by atoms with Gasteiger partial charge in [-0.15, -0.1) is 0 Å². The van der Waals surface area contributed by atoms with E-state index in [0.29, 0.717) is 11.5 Å². The first-order valence-electron chi connectivity index (χ1n) is 6.82. The Kier molecular flexibility index (Phi) is 4.18. The highest BCUT2D eigenvalue weighted by Crippen LogP contribution is 2.38. The lowest BCUT2D eigenvalue weighted by molar-refractivity contribution is -0.108. The average Bonchev–Trinajstić information content (AvgIpc) is 2.41. The summed E-state index contributed by atoms with van der Waals surface area (Å²) < 4.78 is 0. The van der Waals surface area contributed by atoms with Crippen molar-refractivity contribution < 1.29 is 4.79 Å². The van der Waals surface area contributed by atoms with Gasteiger partial charge in [-0.05, 0) is 24.3 Å². The lowest BCUT2D eigenvalue weighted by Crippen LogP contribution is -2.48. The van der Waals surface area contributed by atoms with Crippen molar-refractivity contribution >= 4 is 19.5 Å². The third kappa shape index (κ3) is 2.64. The molecule has 0 heterocycles. The molecule has 1 aromatic carbocycles. The van der Waals surface area contributed by atoms with Crippen molar-refractivity contribution in [1.82, 2.24) is 0 Å². The summed E-state index contributed by atoms with van der Waals surface area (Å²) in [6.07, 6.45) is 8.82. The second-order valence-electron chi connectivity index (χ2n) is 5.78. The van der Waals surface area contributed by atoms with Gasteiger partial charge in [-0.1, -0.05) is 60.8 Å². The summed E-state index contributed by atoms with van der Waals surface area (Å²) in [6.45, 7) is 4.86. The highest BCUT2D eigenvalue weighted by atomic mass is 28.3. The van der Waals surface area contributed by atoms with Crippen LogP contribution in [-0.4, -0.2) is 14.4 Å². The van der Waals surface area contributed by atoms with E-state index in [1.54, 1.807) is 0 Å². The van der Waals surface area contributed by atoms with Crippen molar-refractivity contribution in [2.75, 3.05) is 0 Å². The van der Waals surface area contributed by atoms with Crippen LogP contribution >= 0.6 is 0 Å². The van der Waals surface area contributed by atoms with Crippen molar-refractivity contribution in [3.8, 4) is 0 Å². The molecule has 0 spiro atoms. The van der Waals surface area contributed by atoms with Crippen molar-refractivity contribution in [3.05, 3.63) is 42.5 Å². The molecule has 0 unspecified atom stereocenters. The van der Waals surface area contributed by atoms with E-state index in [-0.39, 0.29) is 0 Å². The fraction of sp³-hybridized carbons (Fsp3) is 0.438. The maximum absolute atomic E-state index is 10.9. The molecule has 18 heavy (non-hydrogen) atoms. The minimum atomic E-state index is -1.52. The molecular weight excluding hydrogens is 236 g/mol. The van der Waals surface area contributed by atoms with E-state index in [2.05, 4.69) is 55.6 Å². The molecule has 0 saturated heterocycles. The Hall–Kier alpha value is -1.15. The largest absolute Gasteiger partial charge is 0.303 e. The fourth-order valence-electron chi connectivity index (χ4n) is 3.17. The zero-order chi connectivity index (χ0) is 13.0. The van der Waals surface area contributed by atoms with Gasteiger partial charge in [0.15, 0.2) is 0 Å². The third-order valence-corrected chi connectivity index (χ3v) is 8.46. The summed E-state index contributed by atoms with van der Waals surface area (Å²) in [5, 5.41) is 1.50. The normalized spacial score (nSPS) is 23.9. The molecule has 2 atom stereocenters. The first kappa shape index (κ1) is 13.3. The van der Waals surface area contributed by atoms with Crippen molar-refractivity contribution in [1.29, 1.82) is 0 Å². The molecule has 1 aliphatic rings. The van der Waals surface area contributed by atoms with E-state index < -0.39 is 8.07 Å². The summed E-state index contributed by atoms with van der Waals surface area (Å²) in [5.74, 6) is 0.550. The number of rotatable bonds is 4. The predicted molar refractivity (Wildman–Crippen MR) is 79.9 cm³/mol. The van der Waals surface area contributed by atoms with Crippen LogP contribution in [0.2, 0.25) is 18.6 Å². The van der Waals surface area contributed by atoms with Crippen LogP contribution < -0.4 is 5.19 Å². The number of benzene rings is 1. The lowest BCUT2D eigenvalue weighted by atomic mass is 9.91. The molecular formula is C16H22OSi. The van der Waals surface area contributed by atoms with Gasteiger partial charge in [0.25, 0.3) is 0 Å². The van der Waals surface area contributed by atoms with Crippen molar-refractivity contribution in [2.24, 2.45) is 5.92 Å². The Morgan fingerprint density at radius 1 is 1.28 bits per heavy atom. The fourth-order valence-corrected chi connectivity index (χ4v) is 6.70. The smallest absolute Gasteiger partial charge is 0.120 e. The molecule has 2 heteroatoms. The molecule has 0 radical (unpaired) electrons. The number of hydrogen-bond donors (Lipinski definition) is 0. The summed E-state index contributed by atoms with van der Waals surface area (Å²) in [6, 6.07) is 10.9. The van der Waals surface area contributed by atoms with Crippen LogP contribution in [0.3, 0.4) is 0 Å². The highest BCUT2D eigenvalue weighted by Gasteiger charge is 2.37. The van der Waals surface area contributed by atoms with Gasteiger partial charge < -0.3 is 4.79 Å². The minimum Gasteiger partial charge on any atom is -0.303 e. The second kappa shape index (κ2) is 5.66. The summed E-state index contributed by atoms with van der Waals surface area (Å²) in [7, 11) is -1.52.